The minimum absolute atomic E-state index is 0.0496. The second kappa shape index (κ2) is 9.72. The molecular weight excluding hydrogens is 455 g/mol. The van der Waals surface area contributed by atoms with E-state index in [-0.39, 0.29) is 23.5 Å². The lowest BCUT2D eigenvalue weighted by Crippen LogP contribution is -2.41. The SMILES string of the molecule is CC(C)CN(c1ccc(F)cc1)S(=O)(=O)c1ccc(NC2CCN(S(C)(=O)=O)CC2)cn1. The van der Waals surface area contributed by atoms with Crippen molar-refractivity contribution in [3.8, 4) is 0 Å². The van der Waals surface area contributed by atoms with Gasteiger partial charge in [-0.2, -0.15) is 8.42 Å². The van der Waals surface area contributed by atoms with Crippen LogP contribution >= 0.6 is 0 Å². The van der Waals surface area contributed by atoms with Gasteiger partial charge >= 0.3 is 0 Å². The number of nitrogens with zero attached hydrogens (tertiary/aromatic N) is 3. The Bertz CT molecular complexity index is 1110. The lowest BCUT2D eigenvalue weighted by atomic mass is 10.1. The van der Waals surface area contributed by atoms with Crippen molar-refractivity contribution in [3.05, 3.63) is 48.4 Å². The zero-order valence-corrected chi connectivity index (χ0v) is 20.0. The smallest absolute Gasteiger partial charge is 0.281 e. The number of anilines is 2. The normalized spacial score (nSPS) is 16.3. The topological polar surface area (TPSA) is 99.7 Å². The van der Waals surface area contributed by atoms with E-state index in [1.54, 1.807) is 6.07 Å². The molecule has 2 aromatic rings. The van der Waals surface area contributed by atoms with E-state index in [0.29, 0.717) is 37.3 Å². The number of benzene rings is 1. The Morgan fingerprint density at radius 3 is 2.22 bits per heavy atom. The van der Waals surface area contributed by atoms with Gasteiger partial charge in [0.05, 0.1) is 23.8 Å². The van der Waals surface area contributed by atoms with Gasteiger partial charge in [-0.25, -0.2) is 22.1 Å². The molecule has 1 saturated heterocycles. The Morgan fingerprint density at radius 2 is 1.72 bits per heavy atom. The molecule has 8 nitrogen and oxygen atoms in total. The van der Waals surface area contributed by atoms with E-state index in [1.807, 2.05) is 13.8 Å². The first-order chi connectivity index (χ1) is 15.0. The molecule has 3 rings (SSSR count). The molecule has 32 heavy (non-hydrogen) atoms. The molecule has 0 amide bonds. The number of aromatic nitrogens is 1. The van der Waals surface area contributed by atoms with E-state index in [4.69, 9.17) is 0 Å². The predicted octanol–water partition coefficient (Wildman–Crippen LogP) is 2.91. The third-order valence-electron chi connectivity index (χ3n) is 5.23. The first kappa shape index (κ1) is 24.4. The Labute approximate surface area is 189 Å². The second-order valence-electron chi connectivity index (χ2n) is 8.37. The second-order valence-corrected chi connectivity index (χ2v) is 12.2. The third-order valence-corrected chi connectivity index (χ3v) is 8.24. The van der Waals surface area contributed by atoms with Gasteiger partial charge in [0.25, 0.3) is 10.0 Å². The molecule has 0 radical (unpaired) electrons. The predicted molar refractivity (Wildman–Crippen MR) is 123 cm³/mol. The zero-order valence-electron chi connectivity index (χ0n) is 18.4. The third kappa shape index (κ3) is 5.96. The Kier molecular flexibility index (Phi) is 7.41. The van der Waals surface area contributed by atoms with Crippen LogP contribution in [0.1, 0.15) is 26.7 Å². The summed E-state index contributed by atoms with van der Waals surface area (Å²) in [6.45, 7) is 4.92. The van der Waals surface area contributed by atoms with E-state index in [1.165, 1.54) is 51.4 Å². The number of halogens is 1. The van der Waals surface area contributed by atoms with Gasteiger partial charge in [0.15, 0.2) is 5.03 Å². The molecule has 0 atom stereocenters. The van der Waals surface area contributed by atoms with Crippen LogP contribution in [0.15, 0.2) is 47.6 Å². The summed E-state index contributed by atoms with van der Waals surface area (Å²) in [6, 6.07) is 8.51. The largest absolute Gasteiger partial charge is 0.381 e. The van der Waals surface area contributed by atoms with E-state index < -0.39 is 25.9 Å². The number of piperidine rings is 1. The quantitative estimate of drug-likeness (QED) is 0.619. The summed E-state index contributed by atoms with van der Waals surface area (Å²) in [5.74, 6) is -0.389. The summed E-state index contributed by atoms with van der Waals surface area (Å²) in [6.07, 6.45) is 3.98. The minimum Gasteiger partial charge on any atom is -0.381 e. The maximum absolute atomic E-state index is 13.3. The molecule has 1 aliphatic heterocycles. The van der Waals surface area contributed by atoms with Crippen LogP contribution in [-0.2, 0) is 20.0 Å². The first-order valence-corrected chi connectivity index (χ1v) is 13.7. The average Bonchev–Trinajstić information content (AvgIpc) is 2.73. The summed E-state index contributed by atoms with van der Waals surface area (Å²) < 4.78 is 65.9. The average molecular weight is 485 g/mol. The molecule has 0 aliphatic carbocycles. The van der Waals surface area contributed by atoms with Crippen LogP contribution in [0.2, 0.25) is 0 Å². The number of pyridine rings is 1. The van der Waals surface area contributed by atoms with E-state index in [2.05, 4.69) is 10.3 Å². The van der Waals surface area contributed by atoms with Crippen molar-refractivity contribution in [1.82, 2.24) is 9.29 Å². The van der Waals surface area contributed by atoms with Crippen molar-refractivity contribution in [2.45, 2.75) is 37.8 Å². The summed E-state index contributed by atoms with van der Waals surface area (Å²) in [5, 5.41) is 3.20. The van der Waals surface area contributed by atoms with Crippen LogP contribution in [0.4, 0.5) is 15.8 Å². The van der Waals surface area contributed by atoms with Gasteiger partial charge in [0.1, 0.15) is 5.82 Å². The number of rotatable bonds is 8. The van der Waals surface area contributed by atoms with Crippen molar-refractivity contribution in [1.29, 1.82) is 0 Å². The molecule has 0 unspecified atom stereocenters. The van der Waals surface area contributed by atoms with Crippen LogP contribution < -0.4 is 9.62 Å². The van der Waals surface area contributed by atoms with Gasteiger partial charge in [-0.15, -0.1) is 0 Å². The Balaban J connectivity index is 1.74. The summed E-state index contributed by atoms with van der Waals surface area (Å²) in [4.78, 5) is 4.17. The minimum atomic E-state index is -3.94. The van der Waals surface area contributed by atoms with Gasteiger partial charge in [-0.1, -0.05) is 13.8 Å². The van der Waals surface area contributed by atoms with Crippen molar-refractivity contribution >= 4 is 31.4 Å². The monoisotopic (exact) mass is 484 g/mol. The van der Waals surface area contributed by atoms with E-state index in [9.17, 15) is 21.2 Å². The molecule has 0 bridgehead atoms. The fourth-order valence-electron chi connectivity index (χ4n) is 3.58. The molecule has 0 spiro atoms. The zero-order chi connectivity index (χ0) is 23.5. The first-order valence-electron chi connectivity index (χ1n) is 10.4. The van der Waals surface area contributed by atoms with Crippen LogP contribution in [0.5, 0.6) is 0 Å². The highest BCUT2D eigenvalue weighted by Crippen LogP contribution is 2.25. The maximum atomic E-state index is 13.3. The molecular formula is C21H29FN4O4S2. The van der Waals surface area contributed by atoms with E-state index in [0.717, 1.165) is 0 Å². The van der Waals surface area contributed by atoms with Gasteiger partial charge < -0.3 is 5.32 Å². The Morgan fingerprint density at radius 1 is 1.09 bits per heavy atom. The van der Waals surface area contributed by atoms with Crippen LogP contribution in [0, 0.1) is 11.7 Å². The number of hydrogen-bond donors (Lipinski definition) is 1. The molecule has 176 valence electrons. The highest BCUT2D eigenvalue weighted by atomic mass is 32.2. The summed E-state index contributed by atoms with van der Waals surface area (Å²) in [7, 11) is -7.12. The summed E-state index contributed by atoms with van der Waals surface area (Å²) in [5.41, 5.74) is 1.04. The molecule has 11 heteroatoms. The number of hydrogen-bond acceptors (Lipinski definition) is 6. The highest BCUT2D eigenvalue weighted by Gasteiger charge is 2.28. The summed E-state index contributed by atoms with van der Waals surface area (Å²) >= 11 is 0. The molecule has 1 fully saturated rings. The molecule has 1 N–H and O–H groups in total. The van der Waals surface area contributed by atoms with Crippen molar-refractivity contribution in [2.75, 3.05) is 35.5 Å². The van der Waals surface area contributed by atoms with Gasteiger partial charge in [-0.05, 0) is 55.2 Å². The van der Waals surface area contributed by atoms with Crippen LogP contribution in [0.25, 0.3) is 0 Å². The van der Waals surface area contributed by atoms with Crippen molar-refractivity contribution in [3.63, 3.8) is 0 Å². The maximum Gasteiger partial charge on any atom is 0.281 e. The fourth-order valence-corrected chi connectivity index (χ4v) is 6.00. The highest BCUT2D eigenvalue weighted by molar-refractivity contribution is 7.92. The Hall–Kier alpha value is -2.24. The number of nitrogens with one attached hydrogen (secondary N) is 1. The standard InChI is InChI=1S/C21H29FN4O4S2/c1-16(2)15-26(20-7-4-17(22)5-8-20)32(29,30)21-9-6-19(14-23-21)24-18-10-12-25(13-11-18)31(3,27)28/h4-9,14,16,18,24H,10-13,15H2,1-3H3. The lowest BCUT2D eigenvalue weighted by Gasteiger charge is -2.31. The fraction of sp³-hybridized carbons (Fsp3) is 0.476. The van der Waals surface area contributed by atoms with Gasteiger partial charge in [0, 0.05) is 25.7 Å². The molecule has 1 aromatic heterocycles. The van der Waals surface area contributed by atoms with Gasteiger partial charge in [-0.3, -0.25) is 4.31 Å². The van der Waals surface area contributed by atoms with Gasteiger partial charge in [0.2, 0.25) is 10.0 Å². The molecule has 1 aromatic carbocycles. The van der Waals surface area contributed by atoms with Crippen LogP contribution in [0.3, 0.4) is 0 Å². The van der Waals surface area contributed by atoms with Crippen molar-refractivity contribution in [2.24, 2.45) is 5.92 Å². The van der Waals surface area contributed by atoms with Crippen LogP contribution in [-0.4, -0.2) is 58.1 Å². The molecule has 1 aliphatic rings. The molecule has 0 saturated carbocycles. The lowest BCUT2D eigenvalue weighted by molar-refractivity contribution is 0.332. The molecule has 2 heterocycles. The van der Waals surface area contributed by atoms with Crippen molar-refractivity contribution < 1.29 is 21.2 Å². The number of sulfonamides is 2. The van der Waals surface area contributed by atoms with E-state index >= 15 is 0 Å².